The van der Waals surface area contributed by atoms with Crippen molar-refractivity contribution in [2.24, 2.45) is 0 Å². The van der Waals surface area contributed by atoms with Gasteiger partial charge in [-0.15, -0.1) is 0 Å². The van der Waals surface area contributed by atoms with Gasteiger partial charge in [-0.1, -0.05) is 0 Å². The summed E-state index contributed by atoms with van der Waals surface area (Å²) in [6.45, 7) is 9.73. The van der Waals surface area contributed by atoms with E-state index < -0.39 is 0 Å². The second-order valence-electron chi connectivity index (χ2n) is 5.41. The average Bonchev–Trinajstić information content (AvgIpc) is 2.41. The Morgan fingerprint density at radius 1 is 1.11 bits per heavy atom. The number of rotatable bonds is 2. The molecule has 0 aromatic rings. The minimum atomic E-state index is 0.0998. The van der Waals surface area contributed by atoms with Gasteiger partial charge in [0.05, 0.1) is 6.54 Å². The van der Waals surface area contributed by atoms with Gasteiger partial charge in [-0.05, 0) is 6.92 Å². The SMILES string of the molecule is CC(=O)N1CCN(C(=O)CN2CCNC[C@H]2C)CC1. The van der Waals surface area contributed by atoms with Crippen LogP contribution in [-0.2, 0) is 9.59 Å². The van der Waals surface area contributed by atoms with Gasteiger partial charge in [0.1, 0.15) is 0 Å². The highest BCUT2D eigenvalue weighted by molar-refractivity contribution is 5.79. The number of carbonyl (C=O) groups is 2. The average molecular weight is 268 g/mol. The van der Waals surface area contributed by atoms with E-state index in [2.05, 4.69) is 17.1 Å². The maximum atomic E-state index is 12.2. The van der Waals surface area contributed by atoms with E-state index >= 15 is 0 Å². The van der Waals surface area contributed by atoms with Crippen LogP contribution in [0.25, 0.3) is 0 Å². The molecule has 0 aromatic heterocycles. The van der Waals surface area contributed by atoms with Crippen molar-refractivity contribution in [3.63, 3.8) is 0 Å². The van der Waals surface area contributed by atoms with Crippen LogP contribution in [0.3, 0.4) is 0 Å². The van der Waals surface area contributed by atoms with Gasteiger partial charge in [0.25, 0.3) is 0 Å². The summed E-state index contributed by atoms with van der Waals surface area (Å²) in [6, 6.07) is 0.413. The molecule has 19 heavy (non-hydrogen) atoms. The first-order chi connectivity index (χ1) is 9.08. The van der Waals surface area contributed by atoms with Crippen molar-refractivity contribution in [3.8, 4) is 0 Å². The molecule has 2 saturated heterocycles. The van der Waals surface area contributed by atoms with Gasteiger partial charge in [-0.3, -0.25) is 14.5 Å². The van der Waals surface area contributed by atoms with Crippen molar-refractivity contribution in [1.82, 2.24) is 20.0 Å². The zero-order valence-electron chi connectivity index (χ0n) is 11.9. The van der Waals surface area contributed by atoms with Gasteiger partial charge in [0, 0.05) is 58.8 Å². The zero-order chi connectivity index (χ0) is 13.8. The van der Waals surface area contributed by atoms with Crippen LogP contribution in [0.1, 0.15) is 13.8 Å². The monoisotopic (exact) mass is 268 g/mol. The highest BCUT2D eigenvalue weighted by Gasteiger charge is 2.26. The van der Waals surface area contributed by atoms with Crippen LogP contribution < -0.4 is 5.32 Å². The summed E-state index contributed by atoms with van der Waals surface area (Å²) < 4.78 is 0. The van der Waals surface area contributed by atoms with Crippen LogP contribution in [0, 0.1) is 0 Å². The summed E-state index contributed by atoms with van der Waals surface area (Å²) in [5.41, 5.74) is 0. The van der Waals surface area contributed by atoms with Gasteiger partial charge >= 0.3 is 0 Å². The van der Waals surface area contributed by atoms with Crippen molar-refractivity contribution in [1.29, 1.82) is 0 Å². The second-order valence-corrected chi connectivity index (χ2v) is 5.41. The summed E-state index contributed by atoms with van der Waals surface area (Å²) in [5.74, 6) is 0.291. The molecule has 0 bridgehead atoms. The van der Waals surface area contributed by atoms with Crippen LogP contribution >= 0.6 is 0 Å². The molecule has 0 spiro atoms. The molecule has 6 heteroatoms. The Balaban J connectivity index is 1.79. The predicted molar refractivity (Wildman–Crippen MR) is 72.7 cm³/mol. The van der Waals surface area contributed by atoms with E-state index in [4.69, 9.17) is 0 Å². The van der Waals surface area contributed by atoms with Crippen LogP contribution in [-0.4, -0.2) is 84.9 Å². The Labute approximate surface area is 114 Å². The molecule has 2 fully saturated rings. The highest BCUT2D eigenvalue weighted by atomic mass is 16.2. The van der Waals surface area contributed by atoms with E-state index in [9.17, 15) is 9.59 Å². The fourth-order valence-corrected chi connectivity index (χ4v) is 2.66. The molecule has 108 valence electrons. The first-order valence-corrected chi connectivity index (χ1v) is 7.06. The normalized spacial score (nSPS) is 25.5. The number of nitrogens with zero attached hydrogens (tertiary/aromatic N) is 3. The van der Waals surface area contributed by atoms with Crippen molar-refractivity contribution < 1.29 is 9.59 Å². The fourth-order valence-electron chi connectivity index (χ4n) is 2.66. The second kappa shape index (κ2) is 6.34. The number of amides is 2. The summed E-state index contributed by atoms with van der Waals surface area (Å²) in [5, 5.41) is 3.32. The lowest BCUT2D eigenvalue weighted by molar-refractivity contribution is -0.139. The Morgan fingerprint density at radius 2 is 1.74 bits per heavy atom. The lowest BCUT2D eigenvalue weighted by atomic mass is 10.2. The van der Waals surface area contributed by atoms with E-state index in [1.807, 2.05) is 4.90 Å². The van der Waals surface area contributed by atoms with Crippen molar-refractivity contribution in [3.05, 3.63) is 0 Å². The van der Waals surface area contributed by atoms with Crippen molar-refractivity contribution in [2.45, 2.75) is 19.9 Å². The lowest BCUT2D eigenvalue weighted by Crippen LogP contribution is -2.56. The van der Waals surface area contributed by atoms with E-state index in [1.54, 1.807) is 11.8 Å². The standard InChI is InChI=1S/C13H24N4O2/c1-11-9-14-3-4-17(11)10-13(19)16-7-5-15(6-8-16)12(2)18/h11,14H,3-10H2,1-2H3/t11-/m1/s1. The minimum absolute atomic E-state index is 0.0998. The first-order valence-electron chi connectivity index (χ1n) is 7.06. The van der Waals surface area contributed by atoms with Gasteiger partial charge in [-0.25, -0.2) is 0 Å². The van der Waals surface area contributed by atoms with Crippen LogP contribution in [0.5, 0.6) is 0 Å². The van der Waals surface area contributed by atoms with Crippen LogP contribution in [0.2, 0.25) is 0 Å². The molecule has 1 N–H and O–H groups in total. The van der Waals surface area contributed by atoms with Crippen LogP contribution in [0.4, 0.5) is 0 Å². The molecule has 2 heterocycles. The third-order valence-corrected chi connectivity index (χ3v) is 4.05. The molecule has 0 unspecified atom stereocenters. The molecule has 2 rings (SSSR count). The molecule has 2 aliphatic heterocycles. The first kappa shape index (κ1) is 14.3. The Kier molecular flexibility index (Phi) is 4.76. The van der Waals surface area contributed by atoms with E-state index in [0.29, 0.717) is 38.8 Å². The number of hydrogen-bond acceptors (Lipinski definition) is 4. The molecule has 1 atom stereocenters. The van der Waals surface area contributed by atoms with E-state index in [1.165, 1.54) is 0 Å². The third-order valence-electron chi connectivity index (χ3n) is 4.05. The Hall–Kier alpha value is -1.14. The van der Waals surface area contributed by atoms with E-state index in [0.717, 1.165) is 19.6 Å². The van der Waals surface area contributed by atoms with Crippen molar-refractivity contribution >= 4 is 11.8 Å². The van der Waals surface area contributed by atoms with Gasteiger partial charge in [0.2, 0.25) is 11.8 Å². The highest BCUT2D eigenvalue weighted by Crippen LogP contribution is 2.06. The molecule has 0 aromatic carbocycles. The largest absolute Gasteiger partial charge is 0.339 e. The van der Waals surface area contributed by atoms with Gasteiger partial charge in [0.15, 0.2) is 0 Å². The van der Waals surface area contributed by atoms with Crippen molar-refractivity contribution in [2.75, 3.05) is 52.4 Å². The van der Waals surface area contributed by atoms with Gasteiger partial charge < -0.3 is 15.1 Å². The minimum Gasteiger partial charge on any atom is -0.339 e. The molecule has 6 nitrogen and oxygen atoms in total. The molecule has 2 amide bonds. The van der Waals surface area contributed by atoms with Gasteiger partial charge in [-0.2, -0.15) is 0 Å². The quantitative estimate of drug-likeness (QED) is 0.696. The lowest BCUT2D eigenvalue weighted by Gasteiger charge is -2.38. The summed E-state index contributed by atoms with van der Waals surface area (Å²) in [6.07, 6.45) is 0. The van der Waals surface area contributed by atoms with E-state index in [-0.39, 0.29) is 11.8 Å². The summed E-state index contributed by atoms with van der Waals surface area (Å²) in [7, 11) is 0. The Bertz CT molecular complexity index is 340. The maximum absolute atomic E-state index is 12.2. The fraction of sp³-hybridized carbons (Fsp3) is 0.846. The number of piperazine rings is 2. The molecular weight excluding hydrogens is 244 g/mol. The number of hydrogen-bond donors (Lipinski definition) is 1. The molecule has 0 aliphatic carbocycles. The Morgan fingerprint density at radius 3 is 2.32 bits per heavy atom. The topological polar surface area (TPSA) is 55.9 Å². The smallest absolute Gasteiger partial charge is 0.236 e. The summed E-state index contributed by atoms with van der Waals surface area (Å²) in [4.78, 5) is 29.4. The number of nitrogens with one attached hydrogen (secondary N) is 1. The van der Waals surface area contributed by atoms with Crippen LogP contribution in [0.15, 0.2) is 0 Å². The predicted octanol–water partition coefficient (Wildman–Crippen LogP) is -1.03. The molecule has 0 radical (unpaired) electrons. The maximum Gasteiger partial charge on any atom is 0.236 e. The molecule has 2 aliphatic rings. The number of carbonyl (C=O) groups excluding carboxylic acids is 2. The third kappa shape index (κ3) is 3.67. The zero-order valence-corrected chi connectivity index (χ0v) is 11.9. The molecular formula is C13H24N4O2. The summed E-state index contributed by atoms with van der Waals surface area (Å²) >= 11 is 0. The molecule has 0 saturated carbocycles.